The Balaban J connectivity index is 1.46. The van der Waals surface area contributed by atoms with E-state index in [1.807, 2.05) is 37.1 Å². The molecule has 0 unspecified atom stereocenters. The summed E-state index contributed by atoms with van der Waals surface area (Å²) in [6, 6.07) is 13.8. The van der Waals surface area contributed by atoms with Gasteiger partial charge >= 0.3 is 0 Å². The number of hydrogen-bond donors (Lipinski definition) is 1. The zero-order valence-corrected chi connectivity index (χ0v) is 19.4. The van der Waals surface area contributed by atoms with E-state index < -0.39 is 4.92 Å². The third-order valence-electron chi connectivity index (χ3n) is 5.35. The average molecular weight is 463 g/mol. The van der Waals surface area contributed by atoms with Crippen LogP contribution in [0.3, 0.4) is 0 Å². The van der Waals surface area contributed by atoms with Crippen LogP contribution < -0.4 is 5.32 Å². The molecule has 2 aromatic carbocycles. The van der Waals surface area contributed by atoms with Crippen LogP contribution in [0.4, 0.5) is 11.4 Å². The first-order valence-electron chi connectivity index (χ1n) is 10.5. The van der Waals surface area contributed by atoms with Crippen molar-refractivity contribution in [3.8, 4) is 0 Å². The van der Waals surface area contributed by atoms with Crippen molar-refractivity contribution in [2.45, 2.75) is 31.7 Å². The molecule has 0 aromatic heterocycles. The lowest BCUT2D eigenvalue weighted by Crippen LogP contribution is -2.25. The summed E-state index contributed by atoms with van der Waals surface area (Å²) in [5, 5.41) is 14.6. The smallest absolute Gasteiger partial charge is 0.269 e. The fourth-order valence-corrected chi connectivity index (χ4v) is 4.32. The molecule has 2 aromatic rings. The van der Waals surface area contributed by atoms with E-state index in [4.69, 9.17) is 9.73 Å². The highest BCUT2D eigenvalue weighted by Crippen LogP contribution is 2.45. The lowest BCUT2D eigenvalue weighted by molar-refractivity contribution is -0.384. The molecule has 169 valence electrons. The van der Waals surface area contributed by atoms with Gasteiger partial charge in [-0.05, 0) is 48.9 Å². The molecule has 4 rings (SSSR count). The maximum absolute atomic E-state index is 13.1. The standard InChI is InChI=1S/C25H24N3O4S/c1-25(2,3)22-15-32-24(27-22)18-7-4-5-9-20(18)26-23(29)19-8-6-10-21(19)33-17-13-11-16(12-14-17)28(30)31/h4-14,22H,15H2,1-3H3,(H,26,29)/t22-/m1/s1. The summed E-state index contributed by atoms with van der Waals surface area (Å²) in [5.41, 5.74) is 1.39. The maximum atomic E-state index is 13.1. The molecule has 1 aliphatic carbocycles. The van der Waals surface area contributed by atoms with Gasteiger partial charge in [-0.3, -0.25) is 14.9 Å². The van der Waals surface area contributed by atoms with Crippen LogP contribution in [0, 0.1) is 46.0 Å². The van der Waals surface area contributed by atoms with E-state index in [2.05, 4.69) is 26.1 Å². The number of nitrogens with zero attached hydrogens (tertiary/aromatic N) is 2. The predicted octanol–water partition coefficient (Wildman–Crippen LogP) is 5.25. The van der Waals surface area contributed by atoms with Gasteiger partial charge in [-0.25, -0.2) is 4.99 Å². The van der Waals surface area contributed by atoms with E-state index in [0.29, 0.717) is 24.1 Å². The van der Waals surface area contributed by atoms with E-state index in [-0.39, 0.29) is 23.1 Å². The third-order valence-corrected chi connectivity index (χ3v) is 6.44. The molecule has 1 N–H and O–H groups in total. The van der Waals surface area contributed by atoms with Crippen molar-refractivity contribution in [2.75, 3.05) is 11.9 Å². The van der Waals surface area contributed by atoms with Crippen LogP contribution in [0.2, 0.25) is 0 Å². The minimum Gasteiger partial charge on any atom is -0.475 e. The van der Waals surface area contributed by atoms with Crippen LogP contribution in [-0.4, -0.2) is 29.4 Å². The van der Waals surface area contributed by atoms with Gasteiger partial charge in [0.05, 0.1) is 33.4 Å². The van der Waals surface area contributed by atoms with Gasteiger partial charge in [0.1, 0.15) is 6.61 Å². The number of nitro benzene ring substituents is 1. The first kappa shape index (κ1) is 23.3. The second-order valence-corrected chi connectivity index (χ2v) is 9.90. The number of anilines is 1. The van der Waals surface area contributed by atoms with E-state index in [9.17, 15) is 14.9 Å². The van der Waals surface area contributed by atoms with Gasteiger partial charge in [0.2, 0.25) is 11.8 Å². The van der Waals surface area contributed by atoms with Crippen LogP contribution in [0.25, 0.3) is 0 Å². The molecule has 1 heterocycles. The average Bonchev–Trinajstić information content (AvgIpc) is 3.44. The number of carbonyl (C=O) groups is 1. The number of benzene rings is 2. The van der Waals surface area contributed by atoms with Crippen molar-refractivity contribution in [1.29, 1.82) is 0 Å². The fourth-order valence-electron chi connectivity index (χ4n) is 3.38. The van der Waals surface area contributed by atoms with Crippen molar-refractivity contribution in [2.24, 2.45) is 10.4 Å². The first-order valence-corrected chi connectivity index (χ1v) is 11.3. The van der Waals surface area contributed by atoms with Crippen molar-refractivity contribution < 1.29 is 14.5 Å². The molecule has 1 fully saturated rings. The number of thioether (sulfide) groups is 1. The molecule has 1 aliphatic heterocycles. The number of para-hydroxylation sites is 1. The second kappa shape index (κ2) is 9.55. The number of hydrogen-bond acceptors (Lipinski definition) is 6. The van der Waals surface area contributed by atoms with Gasteiger partial charge in [0, 0.05) is 17.0 Å². The molecule has 1 saturated carbocycles. The number of aliphatic imine (C=N–C) groups is 1. The normalized spacial score (nSPS) is 19.2. The fraction of sp³-hybridized carbons (Fsp3) is 0.240. The van der Waals surface area contributed by atoms with Crippen molar-refractivity contribution in [1.82, 2.24) is 0 Å². The minimum atomic E-state index is -0.435. The third kappa shape index (κ3) is 5.38. The summed E-state index contributed by atoms with van der Waals surface area (Å²) in [4.78, 5) is 29.1. The molecule has 1 amide bonds. The Morgan fingerprint density at radius 2 is 1.88 bits per heavy atom. The Hall–Kier alpha value is -2.87. The van der Waals surface area contributed by atoms with E-state index in [1.165, 1.54) is 23.9 Å². The Morgan fingerprint density at radius 1 is 1.15 bits per heavy atom. The van der Waals surface area contributed by atoms with E-state index >= 15 is 0 Å². The summed E-state index contributed by atoms with van der Waals surface area (Å²) in [7, 11) is 0. The zero-order chi connectivity index (χ0) is 23.6. The summed E-state index contributed by atoms with van der Waals surface area (Å²) >= 11 is 1.38. The molecule has 7 nitrogen and oxygen atoms in total. The molecule has 0 spiro atoms. The van der Waals surface area contributed by atoms with Crippen LogP contribution in [0.5, 0.6) is 0 Å². The lowest BCUT2D eigenvalue weighted by atomic mass is 9.88. The van der Waals surface area contributed by atoms with Gasteiger partial charge in [0.15, 0.2) is 0 Å². The largest absolute Gasteiger partial charge is 0.475 e. The Labute approximate surface area is 198 Å². The molecule has 0 bridgehead atoms. The summed E-state index contributed by atoms with van der Waals surface area (Å²) in [6.07, 6.45) is 5.42. The predicted molar refractivity (Wildman–Crippen MR) is 129 cm³/mol. The van der Waals surface area contributed by atoms with E-state index in [1.54, 1.807) is 18.6 Å². The Bertz CT molecular complexity index is 1060. The van der Waals surface area contributed by atoms with Gasteiger partial charge in [-0.15, -0.1) is 11.8 Å². The summed E-state index contributed by atoms with van der Waals surface area (Å²) < 4.78 is 5.87. The number of rotatable bonds is 6. The molecular formula is C25H24N3O4S. The second-order valence-electron chi connectivity index (χ2n) is 8.78. The van der Waals surface area contributed by atoms with Crippen molar-refractivity contribution in [3.63, 3.8) is 0 Å². The number of amides is 1. The molecule has 5 radical (unpaired) electrons. The molecule has 1 atom stereocenters. The van der Waals surface area contributed by atoms with Gasteiger partial charge in [-0.1, -0.05) is 32.9 Å². The minimum absolute atomic E-state index is 0.0147. The number of nitrogens with one attached hydrogen (secondary N) is 1. The highest BCUT2D eigenvalue weighted by atomic mass is 32.2. The highest BCUT2D eigenvalue weighted by Gasteiger charge is 2.37. The van der Waals surface area contributed by atoms with Crippen LogP contribution in [0.15, 0.2) is 58.4 Å². The quantitative estimate of drug-likeness (QED) is 0.467. The number of non-ortho nitro benzene ring substituents is 1. The molecule has 33 heavy (non-hydrogen) atoms. The van der Waals surface area contributed by atoms with Gasteiger partial charge in [-0.2, -0.15) is 0 Å². The van der Waals surface area contributed by atoms with Gasteiger partial charge in [0.25, 0.3) is 5.69 Å². The first-order chi connectivity index (χ1) is 15.7. The van der Waals surface area contributed by atoms with E-state index in [0.717, 1.165) is 15.7 Å². The SMILES string of the molecule is CC(C)(C)[C@H]1COC(c2ccccc2NC(=O)[C]2[CH][CH][CH][C]2Sc2ccc([N+](=O)[O-])cc2)=N1. The molecular weight excluding hydrogens is 438 g/mol. The Kier molecular flexibility index (Phi) is 6.74. The Morgan fingerprint density at radius 3 is 2.55 bits per heavy atom. The van der Waals surface area contributed by atoms with Crippen LogP contribution in [-0.2, 0) is 9.53 Å². The van der Waals surface area contributed by atoms with Crippen LogP contribution >= 0.6 is 11.8 Å². The monoisotopic (exact) mass is 462 g/mol. The molecule has 0 saturated heterocycles. The summed E-state index contributed by atoms with van der Waals surface area (Å²) in [5.74, 6) is 0.812. The van der Waals surface area contributed by atoms with Crippen LogP contribution in [0.1, 0.15) is 26.3 Å². The summed E-state index contributed by atoms with van der Waals surface area (Å²) in [6.45, 7) is 6.89. The lowest BCUT2D eigenvalue weighted by Gasteiger charge is -2.21. The molecule has 2 aliphatic rings. The highest BCUT2D eigenvalue weighted by molar-refractivity contribution is 8.02. The topological polar surface area (TPSA) is 93.8 Å². The number of nitro groups is 1. The maximum Gasteiger partial charge on any atom is 0.269 e. The zero-order valence-electron chi connectivity index (χ0n) is 18.6. The van der Waals surface area contributed by atoms with Gasteiger partial charge < -0.3 is 10.1 Å². The van der Waals surface area contributed by atoms with Crippen molar-refractivity contribution >= 4 is 34.9 Å². The van der Waals surface area contributed by atoms with Crippen molar-refractivity contribution in [3.05, 3.63) is 94.6 Å². The molecule has 8 heteroatoms. The number of carbonyl (C=O) groups excluding carboxylic acids is 1. The number of ether oxygens (including phenoxy) is 1.